The Balaban J connectivity index is 1.21. The van der Waals surface area contributed by atoms with E-state index in [4.69, 9.17) is 34.9 Å². The molecular weight excluding hydrogens is 735 g/mol. The number of aromatic nitrogens is 7. The predicted octanol–water partition coefficient (Wildman–Crippen LogP) is 12.5. The molecule has 0 aliphatic heterocycles. The third kappa shape index (κ3) is 7.46. The summed E-state index contributed by atoms with van der Waals surface area (Å²) in [4.78, 5) is 34.3. The van der Waals surface area contributed by atoms with Crippen molar-refractivity contribution < 1.29 is 0 Å². The largest absolute Gasteiger partial charge is 0.256 e. The minimum absolute atomic E-state index is 0.566. The minimum atomic E-state index is 0.566. The third-order valence-electron chi connectivity index (χ3n) is 10.4. The van der Waals surface area contributed by atoms with Crippen molar-refractivity contribution in [1.82, 2.24) is 34.9 Å². The Bertz CT molecular complexity index is 2850. The monoisotopic (exact) mass is 769 g/mol. The molecule has 0 aliphatic rings. The Morgan fingerprint density at radius 1 is 0.217 bits per heavy atom. The average Bonchev–Trinajstić information content (AvgIpc) is 3.35. The van der Waals surface area contributed by atoms with Gasteiger partial charge in [-0.1, -0.05) is 109 Å². The molecule has 0 N–H and O–H groups in total. The Morgan fingerprint density at radius 3 is 0.917 bits per heavy atom. The van der Waals surface area contributed by atoms with Crippen LogP contribution in [0.25, 0.3) is 101 Å². The molecular formula is C53H35N7. The molecule has 10 rings (SSSR count). The molecule has 5 heterocycles. The maximum absolute atomic E-state index is 5.15. The first-order valence-electron chi connectivity index (χ1n) is 19.7. The SMILES string of the molecule is c1ccc(-c2nc(-c3ccccc3)nc(-c3cc(-c4ccc(-c5ccccn5)c(-c5ccccn5)c4)cc(-c4ccc(-c5ccccn5)c(-c5ccccn5)c4)c3)n2)cc1. The zero-order chi connectivity index (χ0) is 40.1. The molecule has 7 nitrogen and oxygen atoms in total. The van der Waals surface area contributed by atoms with Crippen LogP contribution in [0.3, 0.4) is 0 Å². The quantitative estimate of drug-likeness (QED) is 0.144. The lowest BCUT2D eigenvalue weighted by molar-refractivity contribution is 1.07. The Labute approximate surface area is 347 Å². The molecule has 0 saturated heterocycles. The maximum atomic E-state index is 5.15. The van der Waals surface area contributed by atoms with Crippen LogP contribution in [0.15, 0.2) is 213 Å². The topological polar surface area (TPSA) is 90.2 Å². The van der Waals surface area contributed by atoms with E-state index < -0.39 is 0 Å². The predicted molar refractivity (Wildman–Crippen MR) is 240 cm³/mol. The van der Waals surface area contributed by atoms with E-state index in [1.54, 1.807) is 0 Å². The fourth-order valence-corrected chi connectivity index (χ4v) is 7.43. The Morgan fingerprint density at radius 2 is 0.550 bits per heavy atom. The van der Waals surface area contributed by atoms with E-state index in [1.807, 2.05) is 158 Å². The number of hydrogen-bond acceptors (Lipinski definition) is 7. The van der Waals surface area contributed by atoms with Gasteiger partial charge in [-0.2, -0.15) is 0 Å². The molecule has 5 aromatic heterocycles. The van der Waals surface area contributed by atoms with Crippen molar-refractivity contribution in [3.63, 3.8) is 0 Å². The van der Waals surface area contributed by atoms with Crippen LogP contribution in [0, 0.1) is 0 Å². The van der Waals surface area contributed by atoms with Crippen LogP contribution in [0.1, 0.15) is 0 Å². The molecule has 10 aromatic rings. The summed E-state index contributed by atoms with van der Waals surface area (Å²) < 4.78 is 0. The molecule has 7 heteroatoms. The van der Waals surface area contributed by atoms with Crippen LogP contribution in [0.2, 0.25) is 0 Å². The van der Waals surface area contributed by atoms with Gasteiger partial charge in [0.25, 0.3) is 0 Å². The lowest BCUT2D eigenvalue weighted by Gasteiger charge is -2.16. The van der Waals surface area contributed by atoms with Gasteiger partial charge in [-0.15, -0.1) is 0 Å². The highest BCUT2D eigenvalue weighted by atomic mass is 15.0. The van der Waals surface area contributed by atoms with E-state index in [-0.39, 0.29) is 0 Å². The van der Waals surface area contributed by atoms with E-state index in [0.29, 0.717) is 17.5 Å². The van der Waals surface area contributed by atoms with Gasteiger partial charge in [0.15, 0.2) is 17.5 Å². The van der Waals surface area contributed by atoms with Crippen LogP contribution in [-0.4, -0.2) is 34.9 Å². The fourth-order valence-electron chi connectivity index (χ4n) is 7.43. The molecule has 0 atom stereocenters. The summed E-state index contributed by atoms with van der Waals surface area (Å²) in [6, 6.07) is 63.6. The number of benzene rings is 5. The van der Waals surface area contributed by atoms with Gasteiger partial charge in [-0.05, 0) is 101 Å². The van der Waals surface area contributed by atoms with Crippen LogP contribution >= 0.6 is 0 Å². The Hall–Kier alpha value is -8.29. The van der Waals surface area contributed by atoms with Crippen molar-refractivity contribution in [2.75, 3.05) is 0 Å². The molecule has 0 spiro atoms. The summed E-state index contributed by atoms with van der Waals surface area (Å²) in [5.41, 5.74) is 14.1. The summed E-state index contributed by atoms with van der Waals surface area (Å²) in [5.74, 6) is 1.76. The van der Waals surface area contributed by atoms with Crippen molar-refractivity contribution in [2.45, 2.75) is 0 Å². The normalized spacial score (nSPS) is 11.0. The molecule has 0 fully saturated rings. The van der Waals surface area contributed by atoms with Crippen LogP contribution in [0.5, 0.6) is 0 Å². The van der Waals surface area contributed by atoms with Gasteiger partial charge in [0.05, 0.1) is 22.8 Å². The number of nitrogens with zero attached hydrogens (tertiary/aromatic N) is 7. The average molecular weight is 770 g/mol. The third-order valence-corrected chi connectivity index (χ3v) is 10.4. The first-order chi connectivity index (χ1) is 29.7. The smallest absolute Gasteiger partial charge is 0.164 e. The zero-order valence-corrected chi connectivity index (χ0v) is 32.3. The van der Waals surface area contributed by atoms with Gasteiger partial charge in [-0.3, -0.25) is 19.9 Å². The maximum Gasteiger partial charge on any atom is 0.164 e. The summed E-state index contributed by atoms with van der Waals surface area (Å²) in [7, 11) is 0. The summed E-state index contributed by atoms with van der Waals surface area (Å²) >= 11 is 0. The van der Waals surface area contributed by atoms with Crippen LogP contribution < -0.4 is 0 Å². The van der Waals surface area contributed by atoms with E-state index >= 15 is 0 Å². The van der Waals surface area contributed by atoms with Gasteiger partial charge in [-0.25, -0.2) is 15.0 Å². The summed E-state index contributed by atoms with van der Waals surface area (Å²) in [6.45, 7) is 0. The zero-order valence-electron chi connectivity index (χ0n) is 32.3. The van der Waals surface area contributed by atoms with Crippen molar-refractivity contribution in [1.29, 1.82) is 0 Å². The molecule has 282 valence electrons. The number of pyridine rings is 4. The fraction of sp³-hybridized carbons (Fsp3) is 0. The van der Waals surface area contributed by atoms with E-state index in [0.717, 1.165) is 84.0 Å². The van der Waals surface area contributed by atoms with Gasteiger partial charge >= 0.3 is 0 Å². The first kappa shape index (κ1) is 36.1. The lowest BCUT2D eigenvalue weighted by Crippen LogP contribution is -2.00. The number of rotatable bonds is 9. The highest BCUT2D eigenvalue weighted by Crippen LogP contribution is 2.40. The lowest BCUT2D eigenvalue weighted by atomic mass is 9.90. The van der Waals surface area contributed by atoms with Crippen molar-refractivity contribution in [3.05, 3.63) is 213 Å². The van der Waals surface area contributed by atoms with E-state index in [9.17, 15) is 0 Å². The van der Waals surface area contributed by atoms with E-state index in [1.165, 1.54) is 0 Å². The Kier molecular flexibility index (Phi) is 9.79. The second kappa shape index (κ2) is 16.3. The van der Waals surface area contributed by atoms with Crippen LogP contribution in [-0.2, 0) is 0 Å². The van der Waals surface area contributed by atoms with Gasteiger partial charge in [0, 0.05) is 63.7 Å². The molecule has 0 amide bonds. The van der Waals surface area contributed by atoms with Gasteiger partial charge < -0.3 is 0 Å². The summed E-state index contributed by atoms with van der Waals surface area (Å²) in [6.07, 6.45) is 7.29. The molecule has 0 unspecified atom stereocenters. The highest BCUT2D eigenvalue weighted by molar-refractivity contribution is 5.89. The molecule has 0 aliphatic carbocycles. The standard InChI is InChI=1S/C53H35N7/c1-3-15-36(16-4-1)51-58-52(37-17-5-2-6-18-37)60-53(59-51)42-32-40(38-23-25-43(47-19-7-11-27-54-47)45(34-38)49-21-9-13-29-56-49)31-41(33-42)39-24-26-44(48-20-8-12-28-55-48)46(35-39)50-22-10-14-30-57-50/h1-35H. The molecule has 5 aromatic carbocycles. The van der Waals surface area contributed by atoms with Crippen molar-refractivity contribution in [2.24, 2.45) is 0 Å². The summed E-state index contributed by atoms with van der Waals surface area (Å²) in [5, 5.41) is 0. The number of hydrogen-bond donors (Lipinski definition) is 0. The second-order valence-electron chi connectivity index (χ2n) is 14.2. The van der Waals surface area contributed by atoms with Gasteiger partial charge in [0.2, 0.25) is 0 Å². The highest BCUT2D eigenvalue weighted by Gasteiger charge is 2.18. The van der Waals surface area contributed by atoms with Crippen LogP contribution in [0.4, 0.5) is 0 Å². The molecule has 0 radical (unpaired) electrons. The van der Waals surface area contributed by atoms with Gasteiger partial charge in [0.1, 0.15) is 0 Å². The molecule has 0 saturated carbocycles. The van der Waals surface area contributed by atoms with Crippen molar-refractivity contribution >= 4 is 0 Å². The van der Waals surface area contributed by atoms with E-state index in [2.05, 4.69) is 54.6 Å². The molecule has 60 heavy (non-hydrogen) atoms. The molecule has 0 bridgehead atoms. The first-order valence-corrected chi connectivity index (χ1v) is 19.7. The minimum Gasteiger partial charge on any atom is -0.256 e. The second-order valence-corrected chi connectivity index (χ2v) is 14.2. The van der Waals surface area contributed by atoms with Crippen molar-refractivity contribution in [3.8, 4) is 101 Å².